The number of hydrogen-bond donors (Lipinski definition) is 2. The number of carbonyl (C=O) groups is 1. The van der Waals surface area contributed by atoms with Gasteiger partial charge in [-0.1, -0.05) is 44.2 Å². The van der Waals surface area contributed by atoms with Crippen molar-refractivity contribution in [2.75, 3.05) is 13.1 Å². The second-order valence-electron chi connectivity index (χ2n) is 8.06. The van der Waals surface area contributed by atoms with Crippen molar-refractivity contribution in [2.24, 2.45) is 11.7 Å². The van der Waals surface area contributed by atoms with Gasteiger partial charge in [-0.25, -0.2) is 13.2 Å². The van der Waals surface area contributed by atoms with E-state index in [-0.39, 0.29) is 25.4 Å². The molecule has 0 aliphatic carbocycles. The molecule has 0 aromatic heterocycles. The summed E-state index contributed by atoms with van der Waals surface area (Å²) in [4.78, 5) is 11.3. The Balaban J connectivity index is 3.06. The van der Waals surface area contributed by atoms with E-state index in [1.54, 1.807) is 20.8 Å². The molecule has 1 rings (SSSR count). The van der Waals surface area contributed by atoms with Crippen LogP contribution >= 0.6 is 0 Å². The number of amides is 1. The van der Waals surface area contributed by atoms with Crippen LogP contribution in [0.5, 0.6) is 0 Å². The van der Waals surface area contributed by atoms with Gasteiger partial charge in [0.25, 0.3) is 0 Å². The van der Waals surface area contributed by atoms with Gasteiger partial charge >= 0.3 is 6.09 Å². The summed E-state index contributed by atoms with van der Waals surface area (Å²) in [6.07, 6.45) is -2.94. The molecular weight excluding hydrogens is 368 g/mol. The molecule has 1 aromatic rings. The van der Waals surface area contributed by atoms with Gasteiger partial charge in [-0.05, 0) is 32.3 Å². The summed E-state index contributed by atoms with van der Waals surface area (Å²) in [6, 6.07) is 9.18. The number of nitrogens with zero attached hydrogens (tertiary/aromatic N) is 1. The maximum absolute atomic E-state index is 12.9. The molecule has 2 atom stereocenters. The fourth-order valence-electron chi connectivity index (χ4n) is 2.64. The van der Waals surface area contributed by atoms with Crippen LogP contribution < -0.4 is 5.73 Å². The molecule has 1 amide bonds. The minimum atomic E-state index is -3.66. The second-order valence-corrected chi connectivity index (χ2v) is 10.8. The molecular formula is C19H32N2O5S. The van der Waals surface area contributed by atoms with Gasteiger partial charge in [0.2, 0.25) is 10.0 Å². The number of ether oxygens (including phenoxy) is 1. The number of rotatable bonds is 9. The van der Waals surface area contributed by atoms with Crippen LogP contribution in [-0.2, 0) is 21.2 Å². The van der Waals surface area contributed by atoms with Crippen LogP contribution in [0, 0.1) is 5.92 Å². The van der Waals surface area contributed by atoms with Crippen LogP contribution in [0.3, 0.4) is 0 Å². The number of aliphatic hydroxyl groups excluding tert-OH is 1. The topological polar surface area (TPSA) is 110 Å². The van der Waals surface area contributed by atoms with E-state index in [4.69, 9.17) is 10.5 Å². The molecule has 3 N–H and O–H groups in total. The summed E-state index contributed by atoms with van der Waals surface area (Å²) in [5.41, 5.74) is 5.99. The molecule has 0 fully saturated rings. The first-order valence-electron chi connectivity index (χ1n) is 9.02. The summed E-state index contributed by atoms with van der Waals surface area (Å²) in [5, 5.41) is 10.7. The summed E-state index contributed by atoms with van der Waals surface area (Å²) in [5.74, 6) is 0.0685. The van der Waals surface area contributed by atoms with Crippen molar-refractivity contribution in [1.29, 1.82) is 0 Å². The number of aliphatic hydroxyl groups is 1. The molecule has 8 heteroatoms. The smallest absolute Gasteiger partial charge is 0.404 e. The molecule has 0 unspecified atom stereocenters. The molecule has 0 aliphatic heterocycles. The molecule has 154 valence electrons. The van der Waals surface area contributed by atoms with E-state index in [0.29, 0.717) is 0 Å². The van der Waals surface area contributed by atoms with Crippen molar-refractivity contribution < 1.29 is 23.1 Å². The van der Waals surface area contributed by atoms with Crippen molar-refractivity contribution in [1.82, 2.24) is 4.31 Å². The van der Waals surface area contributed by atoms with E-state index in [1.165, 1.54) is 4.31 Å². The first kappa shape index (κ1) is 23.4. The number of sulfonamides is 1. The Morgan fingerprint density at radius 2 is 1.74 bits per heavy atom. The van der Waals surface area contributed by atoms with Crippen molar-refractivity contribution >= 4 is 16.1 Å². The Hall–Kier alpha value is -1.64. The highest BCUT2D eigenvalue weighted by atomic mass is 32.2. The van der Waals surface area contributed by atoms with E-state index in [9.17, 15) is 18.3 Å². The standard InChI is InChI=1S/C19H32N2O5S/c1-14(2)12-21(27(24,25)19(3,4)5)13-16(22)17(26-18(20)23)11-15-9-7-6-8-10-15/h6-10,14,16-17,22H,11-13H2,1-5H3,(H2,20,23)/t16-,17+/m1/s1. The van der Waals surface area contributed by atoms with Crippen LogP contribution in [0.4, 0.5) is 4.79 Å². The van der Waals surface area contributed by atoms with E-state index in [0.717, 1.165) is 5.56 Å². The zero-order valence-corrected chi connectivity index (χ0v) is 17.6. The number of benzene rings is 1. The van der Waals surface area contributed by atoms with Crippen LogP contribution in [0.2, 0.25) is 0 Å². The predicted molar refractivity (Wildman–Crippen MR) is 106 cm³/mol. The van der Waals surface area contributed by atoms with Crippen LogP contribution in [0.25, 0.3) is 0 Å². The third-order valence-electron chi connectivity index (χ3n) is 4.05. The highest BCUT2D eigenvalue weighted by Gasteiger charge is 2.38. The molecule has 0 radical (unpaired) electrons. The fourth-order valence-corrected chi connectivity index (χ4v) is 4.26. The summed E-state index contributed by atoms with van der Waals surface area (Å²) in [7, 11) is -3.66. The van der Waals surface area contributed by atoms with Crippen molar-refractivity contribution in [3.63, 3.8) is 0 Å². The van der Waals surface area contributed by atoms with Gasteiger partial charge in [0, 0.05) is 19.5 Å². The van der Waals surface area contributed by atoms with Gasteiger partial charge < -0.3 is 15.6 Å². The van der Waals surface area contributed by atoms with Crippen molar-refractivity contribution in [3.8, 4) is 0 Å². The highest BCUT2D eigenvalue weighted by Crippen LogP contribution is 2.23. The minimum Gasteiger partial charge on any atom is -0.443 e. The molecule has 27 heavy (non-hydrogen) atoms. The second kappa shape index (κ2) is 9.52. The third kappa shape index (κ3) is 7.12. The Kier molecular flexibility index (Phi) is 8.25. The van der Waals surface area contributed by atoms with E-state index >= 15 is 0 Å². The van der Waals surface area contributed by atoms with Gasteiger partial charge in [0.1, 0.15) is 12.2 Å². The van der Waals surface area contributed by atoms with E-state index in [2.05, 4.69) is 0 Å². The van der Waals surface area contributed by atoms with Crippen molar-refractivity contribution in [2.45, 2.75) is 58.0 Å². The predicted octanol–water partition coefficient (Wildman–Crippen LogP) is 2.14. The first-order valence-corrected chi connectivity index (χ1v) is 10.5. The maximum atomic E-state index is 12.9. The number of nitrogens with two attached hydrogens (primary N) is 1. The lowest BCUT2D eigenvalue weighted by atomic mass is 10.0. The molecule has 0 heterocycles. The Labute approximate surface area is 162 Å². The zero-order chi connectivity index (χ0) is 20.8. The monoisotopic (exact) mass is 400 g/mol. The molecule has 0 spiro atoms. The summed E-state index contributed by atoms with van der Waals surface area (Å²) in [6.45, 7) is 8.72. The SMILES string of the molecule is CC(C)CN(C[C@@H](O)[C@H](Cc1ccccc1)OC(N)=O)S(=O)(=O)C(C)(C)C. The lowest BCUT2D eigenvalue weighted by Gasteiger charge is -2.34. The average molecular weight is 401 g/mol. The molecule has 0 saturated heterocycles. The fraction of sp³-hybridized carbons (Fsp3) is 0.632. The molecule has 1 aromatic carbocycles. The maximum Gasteiger partial charge on any atom is 0.404 e. The summed E-state index contributed by atoms with van der Waals surface area (Å²) >= 11 is 0. The first-order chi connectivity index (χ1) is 12.3. The minimum absolute atomic E-state index is 0.0685. The number of hydrogen-bond acceptors (Lipinski definition) is 5. The Bertz CT molecular complexity index is 699. The average Bonchev–Trinajstić information content (AvgIpc) is 2.52. The molecule has 0 aliphatic rings. The third-order valence-corrected chi connectivity index (χ3v) is 6.58. The number of carbonyl (C=O) groups excluding carboxylic acids is 1. The van der Waals surface area contributed by atoms with Gasteiger partial charge in [-0.15, -0.1) is 0 Å². The van der Waals surface area contributed by atoms with Crippen molar-refractivity contribution in [3.05, 3.63) is 35.9 Å². The molecule has 0 bridgehead atoms. The van der Waals surface area contributed by atoms with E-state index in [1.807, 2.05) is 44.2 Å². The van der Waals surface area contributed by atoms with E-state index < -0.39 is 33.1 Å². The summed E-state index contributed by atoms with van der Waals surface area (Å²) < 4.78 is 31.2. The van der Waals surface area contributed by atoms with Gasteiger partial charge in [-0.3, -0.25) is 0 Å². The highest BCUT2D eigenvalue weighted by molar-refractivity contribution is 7.90. The normalized spacial score (nSPS) is 15.0. The van der Waals surface area contributed by atoms with Crippen LogP contribution in [-0.4, -0.2) is 54.0 Å². The lowest BCUT2D eigenvalue weighted by molar-refractivity contribution is -0.00209. The lowest BCUT2D eigenvalue weighted by Crippen LogP contribution is -2.50. The largest absolute Gasteiger partial charge is 0.443 e. The number of primary amides is 1. The van der Waals surface area contributed by atoms with Crippen LogP contribution in [0.15, 0.2) is 30.3 Å². The Morgan fingerprint density at radius 3 is 2.19 bits per heavy atom. The van der Waals surface area contributed by atoms with Crippen LogP contribution in [0.1, 0.15) is 40.2 Å². The molecule has 0 saturated carbocycles. The Morgan fingerprint density at radius 1 is 1.19 bits per heavy atom. The molecule has 7 nitrogen and oxygen atoms in total. The zero-order valence-electron chi connectivity index (χ0n) is 16.8. The van der Waals surface area contributed by atoms with Gasteiger partial charge in [-0.2, -0.15) is 4.31 Å². The quantitative estimate of drug-likeness (QED) is 0.660. The van der Waals surface area contributed by atoms with Gasteiger partial charge in [0.05, 0.1) is 4.75 Å². The van der Waals surface area contributed by atoms with Gasteiger partial charge in [0.15, 0.2) is 0 Å².